The Kier molecular flexibility index (Phi) is 10.2. The number of ketones is 1. The number of carboxylic acids is 1. The summed E-state index contributed by atoms with van der Waals surface area (Å²) in [6, 6.07) is 14.7. The Labute approximate surface area is 223 Å². The molecular formula is C27H29F3N4O5. The highest BCUT2D eigenvalue weighted by molar-refractivity contribution is 5.94. The van der Waals surface area contributed by atoms with Gasteiger partial charge >= 0.3 is 12.1 Å². The first-order chi connectivity index (χ1) is 18.5. The zero-order valence-corrected chi connectivity index (χ0v) is 21.3. The van der Waals surface area contributed by atoms with Crippen molar-refractivity contribution in [3.63, 3.8) is 0 Å². The minimum Gasteiger partial charge on any atom is -0.475 e. The number of pyridine rings is 1. The van der Waals surface area contributed by atoms with Gasteiger partial charge in [0, 0.05) is 61.9 Å². The summed E-state index contributed by atoms with van der Waals surface area (Å²) in [5.41, 5.74) is 2.71. The summed E-state index contributed by atoms with van der Waals surface area (Å²) in [6.07, 6.45) is -0.534. The highest BCUT2D eigenvalue weighted by atomic mass is 19.4. The van der Waals surface area contributed by atoms with Gasteiger partial charge in [-0.15, -0.1) is 0 Å². The maximum atomic E-state index is 12.4. The summed E-state index contributed by atoms with van der Waals surface area (Å²) < 4.78 is 37.5. The van der Waals surface area contributed by atoms with E-state index in [1.54, 1.807) is 24.3 Å². The van der Waals surface area contributed by atoms with Crippen LogP contribution >= 0.6 is 0 Å². The van der Waals surface area contributed by atoms with Crippen LogP contribution in [0.4, 0.5) is 18.9 Å². The molecule has 2 N–H and O–H groups in total. The van der Waals surface area contributed by atoms with E-state index in [0.29, 0.717) is 23.6 Å². The number of hydrogen-bond donors (Lipinski definition) is 2. The molecule has 1 aliphatic rings. The Hall–Kier alpha value is -4.19. The van der Waals surface area contributed by atoms with Crippen LogP contribution in [0, 0.1) is 0 Å². The number of nitrogens with zero attached hydrogens (tertiary/aromatic N) is 3. The van der Waals surface area contributed by atoms with E-state index in [9.17, 15) is 22.8 Å². The fraction of sp³-hybridized carbons (Fsp3) is 0.333. The molecule has 1 aromatic carbocycles. The van der Waals surface area contributed by atoms with Crippen molar-refractivity contribution in [1.82, 2.24) is 15.2 Å². The van der Waals surface area contributed by atoms with Crippen molar-refractivity contribution in [2.75, 3.05) is 44.2 Å². The number of benzene rings is 1. The van der Waals surface area contributed by atoms with E-state index < -0.39 is 12.1 Å². The van der Waals surface area contributed by atoms with Crippen LogP contribution < -0.4 is 10.2 Å². The SMILES string of the molecule is CC(=O)c1ccc(-c2ccc(C(=O)NCCCN3CCN(c4ccncc4)CC3)o2)cc1.O=C(O)C(F)(F)F. The van der Waals surface area contributed by atoms with Gasteiger partial charge in [0.15, 0.2) is 11.5 Å². The number of amides is 1. The van der Waals surface area contributed by atoms with E-state index in [2.05, 4.69) is 20.1 Å². The van der Waals surface area contributed by atoms with Crippen molar-refractivity contribution in [3.8, 4) is 11.3 Å². The average molecular weight is 547 g/mol. The minimum atomic E-state index is -5.08. The zero-order valence-electron chi connectivity index (χ0n) is 21.3. The molecule has 4 rings (SSSR count). The third-order valence-corrected chi connectivity index (χ3v) is 5.99. The van der Waals surface area contributed by atoms with Crippen molar-refractivity contribution in [3.05, 3.63) is 72.2 Å². The van der Waals surface area contributed by atoms with Gasteiger partial charge in [-0.25, -0.2) is 4.79 Å². The van der Waals surface area contributed by atoms with Crippen LogP contribution in [-0.4, -0.2) is 78.1 Å². The van der Waals surface area contributed by atoms with Gasteiger partial charge in [0.1, 0.15) is 5.76 Å². The Morgan fingerprint density at radius 1 is 0.974 bits per heavy atom. The van der Waals surface area contributed by atoms with Crippen LogP contribution in [0.15, 0.2) is 65.3 Å². The van der Waals surface area contributed by atoms with Crippen LogP contribution in [-0.2, 0) is 4.79 Å². The number of aromatic nitrogens is 1. The van der Waals surface area contributed by atoms with Gasteiger partial charge in [-0.3, -0.25) is 19.5 Å². The first-order valence-electron chi connectivity index (χ1n) is 12.2. The lowest BCUT2D eigenvalue weighted by Gasteiger charge is -2.36. The van der Waals surface area contributed by atoms with Crippen LogP contribution in [0.5, 0.6) is 0 Å². The van der Waals surface area contributed by atoms with Crippen LogP contribution in [0.3, 0.4) is 0 Å². The highest BCUT2D eigenvalue weighted by Crippen LogP contribution is 2.23. The van der Waals surface area contributed by atoms with Gasteiger partial charge in [0.25, 0.3) is 5.91 Å². The second-order valence-corrected chi connectivity index (χ2v) is 8.74. The van der Waals surface area contributed by atoms with Crippen molar-refractivity contribution >= 4 is 23.3 Å². The molecule has 9 nitrogen and oxygen atoms in total. The Morgan fingerprint density at radius 3 is 2.15 bits per heavy atom. The largest absolute Gasteiger partial charge is 0.490 e. The second-order valence-electron chi connectivity index (χ2n) is 8.74. The Balaban J connectivity index is 0.000000532. The third-order valence-electron chi connectivity index (χ3n) is 5.99. The molecule has 3 aromatic rings. The van der Waals surface area contributed by atoms with Crippen molar-refractivity contribution in [1.29, 1.82) is 0 Å². The van der Waals surface area contributed by atoms with Crippen molar-refractivity contribution < 1.29 is 37.1 Å². The number of Topliss-reactive ketones (excluding diaryl/α,β-unsaturated/α-hetero) is 1. The second kappa shape index (κ2) is 13.6. The quantitative estimate of drug-likeness (QED) is 0.320. The van der Waals surface area contributed by atoms with E-state index in [1.807, 2.05) is 36.7 Å². The molecule has 39 heavy (non-hydrogen) atoms. The predicted octanol–water partition coefficient (Wildman–Crippen LogP) is 4.12. The molecule has 1 aliphatic heterocycles. The van der Waals surface area contributed by atoms with Crippen LogP contribution in [0.2, 0.25) is 0 Å². The molecular weight excluding hydrogens is 517 g/mol. The number of carbonyl (C=O) groups excluding carboxylic acids is 2. The Morgan fingerprint density at radius 2 is 1.59 bits per heavy atom. The molecule has 0 atom stereocenters. The number of piperazine rings is 1. The molecule has 0 spiro atoms. The molecule has 0 unspecified atom stereocenters. The zero-order chi connectivity index (χ0) is 28.4. The molecule has 0 aliphatic carbocycles. The number of anilines is 1. The number of nitrogens with one attached hydrogen (secondary N) is 1. The van der Waals surface area contributed by atoms with E-state index in [4.69, 9.17) is 14.3 Å². The number of rotatable bonds is 8. The normalized spacial score (nSPS) is 13.8. The van der Waals surface area contributed by atoms with Gasteiger partial charge < -0.3 is 19.7 Å². The van der Waals surface area contributed by atoms with Gasteiger partial charge in [0.05, 0.1) is 0 Å². The van der Waals surface area contributed by atoms with E-state index >= 15 is 0 Å². The number of carbonyl (C=O) groups is 3. The Bertz CT molecular complexity index is 1240. The summed E-state index contributed by atoms with van der Waals surface area (Å²) in [4.78, 5) is 41.6. The highest BCUT2D eigenvalue weighted by Gasteiger charge is 2.38. The molecule has 0 saturated carbocycles. The topological polar surface area (TPSA) is 116 Å². The van der Waals surface area contributed by atoms with E-state index in [1.165, 1.54) is 12.6 Å². The monoisotopic (exact) mass is 546 g/mol. The smallest absolute Gasteiger partial charge is 0.475 e. The summed E-state index contributed by atoms with van der Waals surface area (Å²) >= 11 is 0. The third kappa shape index (κ3) is 8.95. The summed E-state index contributed by atoms with van der Waals surface area (Å²) in [5.74, 6) is -2.04. The van der Waals surface area contributed by atoms with Gasteiger partial charge in [-0.1, -0.05) is 24.3 Å². The molecule has 12 heteroatoms. The molecule has 1 fully saturated rings. The predicted molar refractivity (Wildman–Crippen MR) is 138 cm³/mol. The van der Waals surface area contributed by atoms with Crippen LogP contribution in [0.1, 0.15) is 34.3 Å². The average Bonchev–Trinajstić information content (AvgIpc) is 3.42. The summed E-state index contributed by atoms with van der Waals surface area (Å²) in [5, 5.41) is 10.1. The summed E-state index contributed by atoms with van der Waals surface area (Å²) in [6.45, 7) is 7.12. The standard InChI is InChI=1S/C25H28N4O3.C2HF3O2/c1-19(30)20-3-5-21(6-4-20)23-7-8-24(32-23)25(31)27-11-2-14-28-15-17-29(18-16-28)22-9-12-26-13-10-22;3-2(4,5)1(6)7/h3-10,12-13H,2,11,14-18H2,1H3,(H,27,31);(H,6,7). The molecule has 1 saturated heterocycles. The maximum absolute atomic E-state index is 12.4. The molecule has 0 radical (unpaired) electrons. The molecule has 3 heterocycles. The number of hydrogen-bond acceptors (Lipinski definition) is 7. The number of furan rings is 1. The maximum Gasteiger partial charge on any atom is 0.490 e. The van der Waals surface area contributed by atoms with E-state index in [0.717, 1.165) is 44.7 Å². The van der Waals surface area contributed by atoms with Crippen molar-refractivity contribution in [2.24, 2.45) is 0 Å². The molecule has 0 bridgehead atoms. The van der Waals surface area contributed by atoms with Crippen LogP contribution in [0.25, 0.3) is 11.3 Å². The number of alkyl halides is 3. The van der Waals surface area contributed by atoms with E-state index in [-0.39, 0.29) is 11.7 Å². The number of carboxylic acid groups (broad SMARTS) is 1. The summed E-state index contributed by atoms with van der Waals surface area (Å²) in [7, 11) is 0. The first kappa shape index (κ1) is 29.4. The van der Waals surface area contributed by atoms with Gasteiger partial charge in [-0.05, 0) is 44.2 Å². The first-order valence-corrected chi connectivity index (χ1v) is 12.2. The minimum absolute atomic E-state index is 0.0201. The molecule has 208 valence electrons. The molecule has 2 aromatic heterocycles. The van der Waals surface area contributed by atoms with Gasteiger partial charge in [0.2, 0.25) is 0 Å². The number of aliphatic carboxylic acids is 1. The number of halogens is 3. The lowest BCUT2D eigenvalue weighted by Crippen LogP contribution is -2.47. The van der Waals surface area contributed by atoms with Gasteiger partial charge in [-0.2, -0.15) is 13.2 Å². The fourth-order valence-corrected chi connectivity index (χ4v) is 3.86. The fourth-order valence-electron chi connectivity index (χ4n) is 3.86. The lowest BCUT2D eigenvalue weighted by atomic mass is 10.1. The van der Waals surface area contributed by atoms with Crippen molar-refractivity contribution in [2.45, 2.75) is 19.5 Å². The lowest BCUT2D eigenvalue weighted by molar-refractivity contribution is -0.192. The molecule has 1 amide bonds.